The molecular weight excluding hydrogens is 228 g/mol. The van der Waals surface area contributed by atoms with Gasteiger partial charge < -0.3 is 15.4 Å². The lowest BCUT2D eigenvalue weighted by Gasteiger charge is -2.27. The van der Waals surface area contributed by atoms with Gasteiger partial charge in [0.2, 0.25) is 5.91 Å². The Bertz CT molecular complexity index is 246. The van der Waals surface area contributed by atoms with Crippen molar-refractivity contribution in [3.63, 3.8) is 0 Å². The summed E-state index contributed by atoms with van der Waals surface area (Å²) >= 11 is 0. The molecule has 0 aliphatic heterocycles. The zero-order valence-electron chi connectivity index (χ0n) is 11.9. The summed E-state index contributed by atoms with van der Waals surface area (Å²) in [5.41, 5.74) is 5.96. The molecule has 0 saturated heterocycles. The van der Waals surface area contributed by atoms with Crippen molar-refractivity contribution in [2.75, 3.05) is 27.3 Å². The Morgan fingerprint density at radius 1 is 1.44 bits per heavy atom. The first-order valence-electron chi connectivity index (χ1n) is 7.12. The van der Waals surface area contributed by atoms with E-state index in [1.807, 2.05) is 11.9 Å². The summed E-state index contributed by atoms with van der Waals surface area (Å²) in [4.78, 5) is 13.7. The number of hydrogen-bond donors (Lipinski definition) is 1. The van der Waals surface area contributed by atoms with Gasteiger partial charge in [0.15, 0.2) is 0 Å². The van der Waals surface area contributed by atoms with Gasteiger partial charge in [-0.3, -0.25) is 4.79 Å². The van der Waals surface area contributed by atoms with Crippen LogP contribution in [0.1, 0.15) is 44.9 Å². The molecule has 1 fully saturated rings. The van der Waals surface area contributed by atoms with E-state index in [1.165, 1.54) is 12.8 Å². The molecule has 0 spiro atoms. The third kappa shape index (κ3) is 5.83. The van der Waals surface area contributed by atoms with Gasteiger partial charge in [0.25, 0.3) is 0 Å². The number of amides is 1. The van der Waals surface area contributed by atoms with Gasteiger partial charge in [0.05, 0.1) is 0 Å². The summed E-state index contributed by atoms with van der Waals surface area (Å²) in [6.07, 6.45) is 7.30. The van der Waals surface area contributed by atoms with Crippen LogP contribution in [0.15, 0.2) is 0 Å². The minimum atomic E-state index is 0.255. The Labute approximate surface area is 111 Å². The first-order valence-corrected chi connectivity index (χ1v) is 7.12. The van der Waals surface area contributed by atoms with E-state index in [0.29, 0.717) is 18.4 Å². The van der Waals surface area contributed by atoms with E-state index in [-0.39, 0.29) is 5.91 Å². The fourth-order valence-electron chi connectivity index (χ4n) is 2.68. The van der Waals surface area contributed by atoms with Crippen LogP contribution < -0.4 is 5.73 Å². The molecule has 1 aliphatic carbocycles. The van der Waals surface area contributed by atoms with E-state index in [1.54, 1.807) is 7.11 Å². The Balaban J connectivity index is 2.15. The van der Waals surface area contributed by atoms with Crippen LogP contribution in [0.25, 0.3) is 0 Å². The summed E-state index contributed by atoms with van der Waals surface area (Å²) in [5, 5.41) is 0. The molecule has 106 valence electrons. The fraction of sp³-hybridized carbons (Fsp3) is 0.929. The molecule has 18 heavy (non-hydrogen) atoms. The van der Waals surface area contributed by atoms with E-state index in [2.05, 4.69) is 0 Å². The van der Waals surface area contributed by atoms with Crippen LogP contribution in [0.4, 0.5) is 0 Å². The molecule has 0 bridgehead atoms. The van der Waals surface area contributed by atoms with Gasteiger partial charge in [-0.1, -0.05) is 12.8 Å². The van der Waals surface area contributed by atoms with Crippen molar-refractivity contribution in [1.29, 1.82) is 0 Å². The van der Waals surface area contributed by atoms with Crippen molar-refractivity contribution in [3.8, 4) is 0 Å². The van der Waals surface area contributed by atoms with E-state index in [4.69, 9.17) is 10.5 Å². The third-order valence-electron chi connectivity index (χ3n) is 3.86. The van der Waals surface area contributed by atoms with Crippen molar-refractivity contribution in [3.05, 3.63) is 0 Å². The average Bonchev–Trinajstić information content (AvgIpc) is 2.36. The lowest BCUT2D eigenvalue weighted by Crippen LogP contribution is -2.31. The second-order valence-electron chi connectivity index (χ2n) is 5.49. The predicted octanol–water partition coefficient (Wildman–Crippen LogP) is 1.78. The standard InChI is InChI=1S/C14H28N2O2/c1-16(9-4-10-18-2)14(17)8-7-12-5-3-6-13(15)11-12/h12-13H,3-11,15H2,1-2H3. The van der Waals surface area contributed by atoms with Crippen LogP contribution in [-0.2, 0) is 9.53 Å². The summed E-state index contributed by atoms with van der Waals surface area (Å²) in [7, 11) is 3.57. The van der Waals surface area contributed by atoms with E-state index in [9.17, 15) is 4.79 Å². The molecule has 4 nitrogen and oxygen atoms in total. The number of hydrogen-bond acceptors (Lipinski definition) is 3. The molecule has 2 unspecified atom stereocenters. The number of carbonyl (C=O) groups is 1. The highest BCUT2D eigenvalue weighted by molar-refractivity contribution is 5.75. The summed E-state index contributed by atoms with van der Waals surface area (Å²) in [5.74, 6) is 0.912. The average molecular weight is 256 g/mol. The lowest BCUT2D eigenvalue weighted by molar-refractivity contribution is -0.130. The van der Waals surface area contributed by atoms with Gasteiger partial charge in [-0.05, 0) is 31.6 Å². The molecule has 1 rings (SSSR count). The predicted molar refractivity (Wildman–Crippen MR) is 73.3 cm³/mol. The molecule has 0 aromatic carbocycles. The van der Waals surface area contributed by atoms with Gasteiger partial charge in [-0.15, -0.1) is 0 Å². The Kier molecular flexibility index (Phi) is 7.28. The molecule has 1 amide bonds. The van der Waals surface area contributed by atoms with Crippen molar-refractivity contribution >= 4 is 5.91 Å². The van der Waals surface area contributed by atoms with Crippen LogP contribution in [0.3, 0.4) is 0 Å². The van der Waals surface area contributed by atoms with Gasteiger partial charge in [-0.2, -0.15) is 0 Å². The Morgan fingerprint density at radius 2 is 2.22 bits per heavy atom. The smallest absolute Gasteiger partial charge is 0.222 e. The maximum absolute atomic E-state index is 11.9. The van der Waals surface area contributed by atoms with Gasteiger partial charge in [0.1, 0.15) is 0 Å². The maximum Gasteiger partial charge on any atom is 0.222 e. The third-order valence-corrected chi connectivity index (χ3v) is 3.86. The minimum absolute atomic E-state index is 0.255. The van der Waals surface area contributed by atoms with E-state index >= 15 is 0 Å². The zero-order chi connectivity index (χ0) is 13.4. The number of nitrogens with two attached hydrogens (primary N) is 1. The largest absolute Gasteiger partial charge is 0.385 e. The molecule has 4 heteroatoms. The molecule has 2 atom stereocenters. The maximum atomic E-state index is 11.9. The first kappa shape index (κ1) is 15.4. The molecule has 0 heterocycles. The number of ether oxygens (including phenoxy) is 1. The molecule has 0 aromatic rings. The Morgan fingerprint density at radius 3 is 2.89 bits per heavy atom. The topological polar surface area (TPSA) is 55.6 Å². The van der Waals surface area contributed by atoms with Gasteiger partial charge in [-0.25, -0.2) is 0 Å². The minimum Gasteiger partial charge on any atom is -0.385 e. The quantitative estimate of drug-likeness (QED) is 0.706. The van der Waals surface area contributed by atoms with Crippen molar-refractivity contribution in [1.82, 2.24) is 4.90 Å². The van der Waals surface area contributed by atoms with Crippen LogP contribution in [0, 0.1) is 5.92 Å². The SMILES string of the molecule is COCCCN(C)C(=O)CCC1CCCC(N)C1. The second kappa shape index (κ2) is 8.48. The van der Waals surface area contributed by atoms with Crippen molar-refractivity contribution < 1.29 is 9.53 Å². The van der Waals surface area contributed by atoms with E-state index < -0.39 is 0 Å². The second-order valence-corrected chi connectivity index (χ2v) is 5.49. The molecular formula is C14H28N2O2. The highest BCUT2D eigenvalue weighted by atomic mass is 16.5. The monoisotopic (exact) mass is 256 g/mol. The van der Waals surface area contributed by atoms with Crippen LogP contribution in [-0.4, -0.2) is 44.2 Å². The van der Waals surface area contributed by atoms with Crippen LogP contribution in [0.2, 0.25) is 0 Å². The number of rotatable bonds is 7. The lowest BCUT2D eigenvalue weighted by atomic mass is 9.83. The number of methoxy groups -OCH3 is 1. The highest BCUT2D eigenvalue weighted by Crippen LogP contribution is 2.26. The molecule has 1 aliphatic rings. The first-order chi connectivity index (χ1) is 8.63. The zero-order valence-corrected chi connectivity index (χ0v) is 11.9. The summed E-state index contributed by atoms with van der Waals surface area (Å²) < 4.78 is 4.99. The highest BCUT2D eigenvalue weighted by Gasteiger charge is 2.20. The van der Waals surface area contributed by atoms with Crippen LogP contribution in [0.5, 0.6) is 0 Å². The summed E-state index contributed by atoms with van der Waals surface area (Å²) in [6, 6.07) is 0.360. The fourth-order valence-corrected chi connectivity index (χ4v) is 2.68. The molecule has 0 radical (unpaired) electrons. The van der Waals surface area contributed by atoms with Gasteiger partial charge in [0, 0.05) is 39.8 Å². The van der Waals surface area contributed by atoms with Crippen molar-refractivity contribution in [2.24, 2.45) is 11.7 Å². The molecule has 2 N–H and O–H groups in total. The summed E-state index contributed by atoms with van der Waals surface area (Å²) in [6.45, 7) is 1.51. The van der Waals surface area contributed by atoms with Crippen molar-refractivity contribution in [2.45, 2.75) is 51.0 Å². The molecule has 0 aromatic heterocycles. The normalized spacial score (nSPS) is 23.9. The number of nitrogens with zero attached hydrogens (tertiary/aromatic N) is 1. The molecule has 1 saturated carbocycles. The van der Waals surface area contributed by atoms with Gasteiger partial charge >= 0.3 is 0 Å². The van der Waals surface area contributed by atoms with Crippen LogP contribution >= 0.6 is 0 Å². The Hall–Kier alpha value is -0.610. The van der Waals surface area contributed by atoms with E-state index in [0.717, 1.165) is 38.8 Å². The number of carbonyl (C=O) groups excluding carboxylic acids is 1.